The number of benzene rings is 2. The van der Waals surface area contributed by atoms with Crippen molar-refractivity contribution >= 4 is 42.0 Å². The summed E-state index contributed by atoms with van der Waals surface area (Å²) in [4.78, 5) is 0.289. The summed E-state index contributed by atoms with van der Waals surface area (Å²) in [5.41, 5.74) is 0.994. The van der Waals surface area contributed by atoms with E-state index in [0.717, 1.165) is 0 Å². The molecule has 0 saturated carbocycles. The Morgan fingerprint density at radius 1 is 0.613 bits per heavy atom. The molecular formula is C20H22N2O7S2. The van der Waals surface area contributed by atoms with E-state index in [4.69, 9.17) is 13.9 Å². The maximum Gasteiger partial charge on any atom is 0.243 e. The van der Waals surface area contributed by atoms with E-state index in [1.807, 2.05) is 0 Å². The Balaban J connectivity index is 1.59. The number of morpholine rings is 2. The molecule has 2 aromatic carbocycles. The predicted molar refractivity (Wildman–Crippen MR) is 113 cm³/mol. The maximum atomic E-state index is 13.0. The van der Waals surface area contributed by atoms with Crippen molar-refractivity contribution in [2.24, 2.45) is 0 Å². The quantitative estimate of drug-likeness (QED) is 0.575. The summed E-state index contributed by atoms with van der Waals surface area (Å²) < 4.78 is 71.3. The minimum atomic E-state index is -3.68. The number of ether oxygens (including phenoxy) is 2. The van der Waals surface area contributed by atoms with Crippen molar-refractivity contribution in [3.05, 3.63) is 36.4 Å². The van der Waals surface area contributed by atoms with Crippen LogP contribution in [-0.4, -0.2) is 78.1 Å². The highest BCUT2D eigenvalue weighted by molar-refractivity contribution is 7.89. The Hall–Kier alpha value is -2.02. The molecule has 0 N–H and O–H groups in total. The lowest BCUT2D eigenvalue weighted by atomic mass is 10.1. The lowest BCUT2D eigenvalue weighted by Gasteiger charge is -2.26. The number of hydrogen-bond donors (Lipinski definition) is 0. The lowest BCUT2D eigenvalue weighted by Crippen LogP contribution is -2.40. The fraction of sp³-hybridized carbons (Fsp3) is 0.400. The lowest BCUT2D eigenvalue weighted by molar-refractivity contribution is 0.0730. The molecule has 11 heteroatoms. The van der Waals surface area contributed by atoms with Gasteiger partial charge in [-0.2, -0.15) is 8.61 Å². The number of rotatable bonds is 4. The van der Waals surface area contributed by atoms with Crippen molar-refractivity contribution < 1.29 is 30.7 Å². The molecule has 3 aromatic rings. The van der Waals surface area contributed by atoms with Gasteiger partial charge in [0, 0.05) is 37.0 Å². The van der Waals surface area contributed by atoms with Crippen molar-refractivity contribution in [2.45, 2.75) is 9.79 Å². The summed E-state index contributed by atoms with van der Waals surface area (Å²) in [6.07, 6.45) is 0. The van der Waals surface area contributed by atoms with Crippen LogP contribution in [0.1, 0.15) is 0 Å². The van der Waals surface area contributed by atoms with E-state index < -0.39 is 20.0 Å². The topological polar surface area (TPSA) is 106 Å². The van der Waals surface area contributed by atoms with Gasteiger partial charge in [0.05, 0.1) is 36.2 Å². The van der Waals surface area contributed by atoms with Crippen LogP contribution in [0, 0.1) is 0 Å². The molecule has 2 aliphatic heterocycles. The second kappa shape index (κ2) is 7.84. The van der Waals surface area contributed by atoms with Crippen LogP contribution >= 0.6 is 0 Å². The van der Waals surface area contributed by atoms with Gasteiger partial charge in [0.2, 0.25) is 20.0 Å². The Bertz CT molecular complexity index is 1230. The molecule has 0 radical (unpaired) electrons. The van der Waals surface area contributed by atoms with Crippen molar-refractivity contribution in [1.29, 1.82) is 0 Å². The monoisotopic (exact) mass is 466 g/mol. The van der Waals surface area contributed by atoms with Crippen LogP contribution in [0.4, 0.5) is 0 Å². The number of nitrogens with zero attached hydrogens (tertiary/aromatic N) is 2. The van der Waals surface area contributed by atoms with Gasteiger partial charge in [-0.15, -0.1) is 0 Å². The second-order valence-electron chi connectivity index (χ2n) is 7.45. The first kappa shape index (κ1) is 20.9. The van der Waals surface area contributed by atoms with Gasteiger partial charge in [-0.1, -0.05) is 0 Å². The zero-order chi connectivity index (χ0) is 21.6. The Morgan fingerprint density at radius 2 is 1.00 bits per heavy atom. The third-order valence-electron chi connectivity index (χ3n) is 5.63. The average molecular weight is 467 g/mol. The molecule has 166 valence electrons. The van der Waals surface area contributed by atoms with Gasteiger partial charge < -0.3 is 13.9 Å². The average Bonchev–Trinajstić information content (AvgIpc) is 3.17. The van der Waals surface area contributed by atoms with E-state index >= 15 is 0 Å². The Labute approximate surface area is 180 Å². The fourth-order valence-electron chi connectivity index (χ4n) is 3.93. The van der Waals surface area contributed by atoms with Gasteiger partial charge in [0.15, 0.2) is 0 Å². The third kappa shape index (κ3) is 3.65. The van der Waals surface area contributed by atoms with Crippen molar-refractivity contribution in [3.63, 3.8) is 0 Å². The molecule has 31 heavy (non-hydrogen) atoms. The van der Waals surface area contributed by atoms with Crippen LogP contribution < -0.4 is 0 Å². The standard InChI is InChI=1S/C20H22N2O7S2/c23-30(24,21-5-9-27-10-6-21)15-1-3-19-17(13-15)18-14-16(2-4-20(18)29-19)31(25,26)22-7-11-28-12-8-22/h1-4,13-14H,5-12H2. The highest BCUT2D eigenvalue weighted by atomic mass is 32.2. The van der Waals surface area contributed by atoms with Crippen LogP contribution in [-0.2, 0) is 29.5 Å². The summed E-state index contributed by atoms with van der Waals surface area (Å²) in [5.74, 6) is 0. The van der Waals surface area contributed by atoms with Crippen LogP contribution in [0.5, 0.6) is 0 Å². The van der Waals surface area contributed by atoms with Crippen LogP contribution in [0.2, 0.25) is 0 Å². The minimum Gasteiger partial charge on any atom is -0.456 e. The molecule has 0 bridgehead atoms. The van der Waals surface area contributed by atoms with Crippen LogP contribution in [0.25, 0.3) is 21.9 Å². The molecule has 9 nitrogen and oxygen atoms in total. The first-order chi connectivity index (χ1) is 14.9. The molecule has 0 atom stereocenters. The largest absolute Gasteiger partial charge is 0.456 e. The summed E-state index contributed by atoms with van der Waals surface area (Å²) in [6.45, 7) is 2.64. The van der Waals surface area contributed by atoms with E-state index in [2.05, 4.69) is 0 Å². The van der Waals surface area contributed by atoms with Crippen molar-refractivity contribution in [1.82, 2.24) is 8.61 Å². The molecule has 2 aliphatic rings. The first-order valence-corrected chi connectivity index (χ1v) is 12.9. The molecule has 1 aromatic heterocycles. The van der Waals surface area contributed by atoms with E-state index in [-0.39, 0.29) is 9.79 Å². The van der Waals surface area contributed by atoms with Gasteiger partial charge in [-0.05, 0) is 36.4 Å². The molecule has 0 amide bonds. The van der Waals surface area contributed by atoms with Gasteiger partial charge in [0.1, 0.15) is 11.2 Å². The first-order valence-electron chi connectivity index (χ1n) is 9.99. The molecular weight excluding hydrogens is 444 g/mol. The molecule has 2 fully saturated rings. The predicted octanol–water partition coefficient (Wildman–Crippen LogP) is 1.63. The molecule has 0 unspecified atom stereocenters. The van der Waals surface area contributed by atoms with Crippen molar-refractivity contribution in [2.75, 3.05) is 52.6 Å². The molecule has 0 spiro atoms. The van der Waals surface area contributed by atoms with E-state index in [1.54, 1.807) is 24.3 Å². The SMILES string of the molecule is O=S(=O)(c1ccc2oc3ccc(S(=O)(=O)N4CCOCC4)cc3c2c1)N1CCOCC1. The third-order valence-corrected chi connectivity index (χ3v) is 9.42. The second-order valence-corrected chi connectivity index (χ2v) is 11.3. The highest BCUT2D eigenvalue weighted by Crippen LogP contribution is 2.33. The number of sulfonamides is 2. The van der Waals surface area contributed by atoms with E-state index in [1.165, 1.54) is 20.7 Å². The van der Waals surface area contributed by atoms with Crippen LogP contribution in [0.3, 0.4) is 0 Å². The number of hydrogen-bond acceptors (Lipinski definition) is 7. The number of fused-ring (bicyclic) bond motifs is 3. The smallest absolute Gasteiger partial charge is 0.243 e. The normalized spacial score (nSPS) is 19.9. The van der Waals surface area contributed by atoms with Gasteiger partial charge in [-0.25, -0.2) is 16.8 Å². The number of furan rings is 1. The van der Waals surface area contributed by atoms with Gasteiger partial charge in [0.25, 0.3) is 0 Å². The maximum absolute atomic E-state index is 13.0. The van der Waals surface area contributed by atoms with Crippen molar-refractivity contribution in [3.8, 4) is 0 Å². The zero-order valence-corrected chi connectivity index (χ0v) is 18.3. The Kier molecular flexibility index (Phi) is 5.27. The summed E-state index contributed by atoms with van der Waals surface area (Å²) in [6, 6.07) is 9.35. The van der Waals surface area contributed by atoms with Crippen LogP contribution in [0.15, 0.2) is 50.6 Å². The fourth-order valence-corrected chi connectivity index (χ4v) is 6.80. The van der Waals surface area contributed by atoms with Gasteiger partial charge >= 0.3 is 0 Å². The Morgan fingerprint density at radius 3 is 1.39 bits per heavy atom. The van der Waals surface area contributed by atoms with Gasteiger partial charge in [-0.3, -0.25) is 0 Å². The summed E-state index contributed by atoms with van der Waals surface area (Å²) in [5, 5.41) is 1.12. The summed E-state index contributed by atoms with van der Waals surface area (Å²) in [7, 11) is -7.37. The molecule has 3 heterocycles. The highest BCUT2D eigenvalue weighted by Gasteiger charge is 2.29. The molecule has 2 saturated heterocycles. The summed E-state index contributed by atoms with van der Waals surface area (Å²) >= 11 is 0. The molecule has 0 aliphatic carbocycles. The zero-order valence-electron chi connectivity index (χ0n) is 16.7. The molecule has 5 rings (SSSR count). The van der Waals surface area contributed by atoms with E-state index in [0.29, 0.717) is 74.5 Å². The van der Waals surface area contributed by atoms with E-state index in [9.17, 15) is 16.8 Å². The minimum absolute atomic E-state index is 0.144.